The van der Waals surface area contributed by atoms with Gasteiger partial charge in [0.1, 0.15) is 0 Å². The van der Waals surface area contributed by atoms with Gasteiger partial charge in [0.15, 0.2) is 0 Å². The van der Waals surface area contributed by atoms with Crippen molar-refractivity contribution in [3.05, 3.63) is 82.9 Å². The first-order valence-electron chi connectivity index (χ1n) is 13.1. The van der Waals surface area contributed by atoms with Crippen molar-refractivity contribution in [2.75, 3.05) is 4.90 Å². The first kappa shape index (κ1) is 22.0. The van der Waals surface area contributed by atoms with E-state index >= 15 is 0 Å². The first-order valence-corrected chi connectivity index (χ1v) is 13.1. The van der Waals surface area contributed by atoms with Crippen LogP contribution < -0.4 is 4.90 Å². The van der Waals surface area contributed by atoms with Crippen molar-refractivity contribution in [2.45, 2.75) is 95.9 Å². The molecule has 34 heavy (non-hydrogen) atoms. The summed E-state index contributed by atoms with van der Waals surface area (Å²) >= 11 is 0. The topological polar surface area (TPSA) is 3.24 Å². The lowest BCUT2D eigenvalue weighted by Crippen LogP contribution is -2.55. The Hall–Kier alpha value is -2.54. The van der Waals surface area contributed by atoms with Crippen molar-refractivity contribution in [1.29, 1.82) is 0 Å². The zero-order valence-electron chi connectivity index (χ0n) is 22.0. The molecule has 6 rings (SSSR count). The van der Waals surface area contributed by atoms with Crippen LogP contribution in [0.15, 0.2) is 60.7 Å². The molecule has 1 heteroatoms. The van der Waals surface area contributed by atoms with E-state index in [1.807, 2.05) is 0 Å². The van der Waals surface area contributed by atoms with Crippen molar-refractivity contribution >= 4 is 11.4 Å². The van der Waals surface area contributed by atoms with E-state index in [2.05, 4.69) is 114 Å². The molecule has 0 N–H and O–H groups in total. The summed E-state index contributed by atoms with van der Waals surface area (Å²) in [4.78, 5) is 2.70. The van der Waals surface area contributed by atoms with Crippen LogP contribution >= 0.6 is 0 Å². The Labute approximate surface area is 206 Å². The second kappa shape index (κ2) is 6.78. The van der Waals surface area contributed by atoms with E-state index in [0.29, 0.717) is 0 Å². The van der Waals surface area contributed by atoms with Gasteiger partial charge in [-0.25, -0.2) is 0 Å². The van der Waals surface area contributed by atoms with Crippen LogP contribution in [0.5, 0.6) is 0 Å². The smallest absolute Gasteiger partial charge is 0.0698 e. The third-order valence-corrected chi connectivity index (χ3v) is 9.58. The van der Waals surface area contributed by atoms with Crippen LogP contribution in [-0.4, -0.2) is 0 Å². The molecule has 1 unspecified atom stereocenters. The molecule has 3 aliphatic rings. The number of hydrogen-bond donors (Lipinski definition) is 0. The third kappa shape index (κ3) is 2.85. The molecule has 0 radical (unpaired) electrons. The molecule has 0 amide bonds. The lowest BCUT2D eigenvalue weighted by molar-refractivity contribution is 0.291. The first-order chi connectivity index (χ1) is 16.0. The molecule has 0 spiro atoms. The van der Waals surface area contributed by atoms with Gasteiger partial charge in [0.25, 0.3) is 0 Å². The van der Waals surface area contributed by atoms with Crippen molar-refractivity contribution in [2.24, 2.45) is 0 Å². The summed E-state index contributed by atoms with van der Waals surface area (Å²) in [5.74, 6) is 0. The summed E-state index contributed by atoms with van der Waals surface area (Å²) in [6, 6.07) is 23.2. The van der Waals surface area contributed by atoms with Crippen molar-refractivity contribution < 1.29 is 0 Å². The minimum Gasteiger partial charge on any atom is -0.330 e. The molecule has 1 heterocycles. The average Bonchev–Trinajstić information content (AvgIpc) is 2.80. The zero-order chi connectivity index (χ0) is 24.1. The van der Waals surface area contributed by atoms with Crippen molar-refractivity contribution in [3.63, 3.8) is 0 Å². The van der Waals surface area contributed by atoms with E-state index < -0.39 is 0 Å². The van der Waals surface area contributed by atoms with Gasteiger partial charge in [0.2, 0.25) is 0 Å². The molecule has 0 bridgehead atoms. The highest BCUT2D eigenvalue weighted by Gasteiger charge is 2.53. The van der Waals surface area contributed by atoms with Gasteiger partial charge >= 0.3 is 0 Å². The molecule has 2 aliphatic carbocycles. The van der Waals surface area contributed by atoms with Gasteiger partial charge in [-0.05, 0) is 89.3 Å². The van der Waals surface area contributed by atoms with Gasteiger partial charge in [-0.15, -0.1) is 0 Å². The van der Waals surface area contributed by atoms with E-state index in [1.54, 1.807) is 16.7 Å². The second-order valence-electron chi connectivity index (χ2n) is 13.2. The number of anilines is 2. The summed E-state index contributed by atoms with van der Waals surface area (Å²) in [5.41, 5.74) is 12.4. The second-order valence-corrected chi connectivity index (χ2v) is 13.2. The highest BCUT2D eigenvalue weighted by molar-refractivity contribution is 5.91. The monoisotopic (exact) mass is 449 g/mol. The normalized spacial score (nSPS) is 25.2. The number of nitrogens with zero attached hydrogens (tertiary/aromatic N) is 1. The number of fused-ring (bicyclic) bond motifs is 1. The van der Waals surface area contributed by atoms with Gasteiger partial charge in [0, 0.05) is 16.8 Å². The van der Waals surface area contributed by atoms with Gasteiger partial charge in [0.05, 0.1) is 11.2 Å². The number of benzene rings is 3. The Morgan fingerprint density at radius 1 is 0.559 bits per heavy atom. The van der Waals surface area contributed by atoms with Crippen LogP contribution in [0.1, 0.15) is 96.4 Å². The van der Waals surface area contributed by atoms with E-state index in [9.17, 15) is 0 Å². The molecule has 0 fully saturated rings. The lowest BCUT2D eigenvalue weighted by Gasteiger charge is -2.60. The Kier molecular flexibility index (Phi) is 4.38. The largest absolute Gasteiger partial charge is 0.330 e. The van der Waals surface area contributed by atoms with Gasteiger partial charge in [-0.1, -0.05) is 84.0 Å². The van der Waals surface area contributed by atoms with E-state index in [0.717, 1.165) is 0 Å². The Morgan fingerprint density at radius 2 is 1.15 bits per heavy atom. The van der Waals surface area contributed by atoms with Gasteiger partial charge in [-0.2, -0.15) is 0 Å². The maximum Gasteiger partial charge on any atom is 0.0698 e. The van der Waals surface area contributed by atoms with Crippen molar-refractivity contribution in [1.82, 2.24) is 0 Å². The summed E-state index contributed by atoms with van der Waals surface area (Å²) < 4.78 is 0. The quantitative estimate of drug-likeness (QED) is 0.377. The maximum absolute atomic E-state index is 2.70. The van der Waals surface area contributed by atoms with Crippen LogP contribution in [-0.2, 0) is 21.8 Å². The maximum atomic E-state index is 2.70. The van der Waals surface area contributed by atoms with Crippen LogP contribution in [0.2, 0.25) is 0 Å². The standard InChI is InChI=1S/C33H39N/c1-30(2)18-19-33(7)29-24(30)14-11-15-27(29)34(33)28-21-26-25(31(3,4)16-17-32(26,5)6)20-23(28)22-12-9-8-10-13-22/h8-15,20-21H,16-19H2,1-7H3. The van der Waals surface area contributed by atoms with E-state index in [1.165, 1.54) is 53.7 Å². The highest BCUT2D eigenvalue weighted by atomic mass is 15.3. The fourth-order valence-corrected chi connectivity index (χ4v) is 7.14. The summed E-state index contributed by atoms with van der Waals surface area (Å²) in [5, 5.41) is 0. The number of rotatable bonds is 2. The molecule has 1 aliphatic heterocycles. The van der Waals surface area contributed by atoms with Gasteiger partial charge < -0.3 is 4.90 Å². The molecule has 1 nitrogen and oxygen atoms in total. The fraction of sp³-hybridized carbons (Fsp3) is 0.455. The minimum absolute atomic E-state index is 0.0630. The third-order valence-electron chi connectivity index (χ3n) is 9.58. The van der Waals surface area contributed by atoms with Gasteiger partial charge in [-0.3, -0.25) is 0 Å². The van der Waals surface area contributed by atoms with Crippen LogP contribution in [0.4, 0.5) is 11.4 Å². The van der Waals surface area contributed by atoms with E-state index in [4.69, 9.17) is 0 Å². The molecule has 0 saturated carbocycles. The average molecular weight is 450 g/mol. The molecule has 3 aromatic carbocycles. The van der Waals surface area contributed by atoms with E-state index in [-0.39, 0.29) is 21.8 Å². The zero-order valence-corrected chi connectivity index (χ0v) is 22.0. The Bertz CT molecular complexity index is 1290. The lowest BCUT2D eigenvalue weighted by atomic mass is 9.60. The highest BCUT2D eigenvalue weighted by Crippen LogP contribution is 2.63. The SMILES string of the molecule is CC1(C)CCC(C)(C)c2cc(N3c4cccc5c4C3(C)CCC5(C)C)c(-c3ccccc3)cc21. The fourth-order valence-electron chi connectivity index (χ4n) is 7.14. The molecule has 0 saturated heterocycles. The molecule has 0 aromatic heterocycles. The molecule has 1 atom stereocenters. The van der Waals surface area contributed by atoms with Crippen LogP contribution in [0.25, 0.3) is 11.1 Å². The number of hydrogen-bond acceptors (Lipinski definition) is 1. The predicted molar refractivity (Wildman–Crippen MR) is 145 cm³/mol. The van der Waals surface area contributed by atoms with Crippen molar-refractivity contribution in [3.8, 4) is 11.1 Å². The minimum atomic E-state index is 0.0630. The summed E-state index contributed by atoms with van der Waals surface area (Å²) in [6.07, 6.45) is 4.90. The molecule has 3 aromatic rings. The summed E-state index contributed by atoms with van der Waals surface area (Å²) in [6.45, 7) is 17.1. The summed E-state index contributed by atoms with van der Waals surface area (Å²) in [7, 11) is 0. The molecular formula is C33H39N. The predicted octanol–water partition coefficient (Wildman–Crippen LogP) is 9.14. The molecule has 176 valence electrons. The van der Waals surface area contributed by atoms with Crippen LogP contribution in [0, 0.1) is 0 Å². The van der Waals surface area contributed by atoms with Crippen LogP contribution in [0.3, 0.4) is 0 Å². The molecular weight excluding hydrogens is 410 g/mol. The Morgan fingerprint density at radius 3 is 1.82 bits per heavy atom. The Balaban J connectivity index is 1.64.